The Kier molecular flexibility index (Phi) is 6.23. The second kappa shape index (κ2) is 8.70. The maximum atomic E-state index is 13.6. The van der Waals surface area contributed by atoms with E-state index < -0.39 is 17.0 Å². The summed E-state index contributed by atoms with van der Waals surface area (Å²) < 4.78 is 1.25. The molecule has 0 radical (unpaired) electrons. The Bertz CT molecular complexity index is 1330. The van der Waals surface area contributed by atoms with Gasteiger partial charge in [0.2, 0.25) is 5.78 Å². The van der Waals surface area contributed by atoms with E-state index in [0.717, 1.165) is 5.56 Å². The van der Waals surface area contributed by atoms with Gasteiger partial charge in [-0.3, -0.25) is 19.1 Å². The first-order chi connectivity index (χ1) is 14.6. The number of ketones is 1. The van der Waals surface area contributed by atoms with Crippen molar-refractivity contribution in [1.82, 2.24) is 14.5 Å². The SMILES string of the molecule is Cc1cc(C#N)cc(C(=O)c2c(C(C)C)c(=O)[nH]c(=O)n2Cc2cc(C)nc(Cl)c2)c1. The molecule has 1 aromatic carbocycles. The molecule has 1 N–H and O–H groups in total. The van der Waals surface area contributed by atoms with Gasteiger partial charge in [-0.2, -0.15) is 5.26 Å². The highest BCUT2D eigenvalue weighted by Crippen LogP contribution is 2.21. The summed E-state index contributed by atoms with van der Waals surface area (Å²) in [5.41, 5.74) is 1.53. The molecule has 0 aliphatic carbocycles. The van der Waals surface area contributed by atoms with Crippen LogP contribution in [0.2, 0.25) is 5.15 Å². The first-order valence-corrected chi connectivity index (χ1v) is 10.0. The van der Waals surface area contributed by atoms with Gasteiger partial charge in [0.1, 0.15) is 10.8 Å². The molecule has 2 aromatic heterocycles. The number of hydrogen-bond donors (Lipinski definition) is 1. The van der Waals surface area contributed by atoms with Crippen LogP contribution in [0, 0.1) is 25.2 Å². The molecule has 8 heteroatoms. The Hall–Kier alpha value is -3.50. The largest absolute Gasteiger partial charge is 0.329 e. The van der Waals surface area contributed by atoms with Gasteiger partial charge >= 0.3 is 5.69 Å². The van der Waals surface area contributed by atoms with E-state index in [1.807, 2.05) is 6.07 Å². The minimum absolute atomic E-state index is 0.00354. The predicted molar refractivity (Wildman–Crippen MR) is 118 cm³/mol. The summed E-state index contributed by atoms with van der Waals surface area (Å²) >= 11 is 6.06. The number of nitrogens with one attached hydrogen (secondary N) is 1. The fourth-order valence-corrected chi connectivity index (χ4v) is 3.88. The van der Waals surface area contributed by atoms with Crippen molar-refractivity contribution in [3.63, 3.8) is 0 Å². The number of carbonyl (C=O) groups excluding carboxylic acids is 1. The molecule has 0 bridgehead atoms. The smallest absolute Gasteiger partial charge is 0.287 e. The molecular formula is C23H21ClN4O3. The zero-order valence-corrected chi connectivity index (χ0v) is 18.4. The Morgan fingerprint density at radius 1 is 1.19 bits per heavy atom. The minimum atomic E-state index is -0.698. The van der Waals surface area contributed by atoms with Crippen molar-refractivity contribution >= 4 is 17.4 Å². The third-order valence-electron chi connectivity index (χ3n) is 4.82. The van der Waals surface area contributed by atoms with Crippen molar-refractivity contribution in [3.8, 4) is 6.07 Å². The van der Waals surface area contributed by atoms with Crippen LogP contribution in [0.1, 0.15) is 63.8 Å². The fraction of sp³-hybridized carbons (Fsp3) is 0.261. The van der Waals surface area contributed by atoms with E-state index >= 15 is 0 Å². The lowest BCUT2D eigenvalue weighted by Gasteiger charge is -2.18. The van der Waals surface area contributed by atoms with Crippen molar-refractivity contribution in [3.05, 3.63) is 95.5 Å². The summed E-state index contributed by atoms with van der Waals surface area (Å²) in [5.74, 6) is -0.818. The maximum absolute atomic E-state index is 13.6. The number of aromatic amines is 1. The van der Waals surface area contributed by atoms with Gasteiger partial charge in [-0.25, -0.2) is 9.78 Å². The number of nitrogens with zero attached hydrogens (tertiary/aromatic N) is 3. The van der Waals surface area contributed by atoms with Crippen LogP contribution >= 0.6 is 11.6 Å². The first kappa shape index (κ1) is 22.2. The number of H-pyrrole nitrogens is 1. The number of rotatable bonds is 5. The van der Waals surface area contributed by atoms with E-state index in [1.54, 1.807) is 52.0 Å². The number of halogens is 1. The highest BCUT2D eigenvalue weighted by atomic mass is 35.5. The summed E-state index contributed by atoms with van der Waals surface area (Å²) in [6.45, 7) is 7.12. The fourth-order valence-electron chi connectivity index (χ4n) is 3.60. The quantitative estimate of drug-likeness (QED) is 0.486. The first-order valence-electron chi connectivity index (χ1n) is 9.67. The van der Waals surface area contributed by atoms with Crippen molar-refractivity contribution in [2.45, 2.75) is 40.2 Å². The minimum Gasteiger partial charge on any atom is -0.287 e. The third kappa shape index (κ3) is 4.65. The molecule has 0 fully saturated rings. The highest BCUT2D eigenvalue weighted by molar-refractivity contribution is 6.29. The lowest BCUT2D eigenvalue weighted by atomic mass is 9.95. The number of hydrogen-bond acceptors (Lipinski definition) is 5. The molecule has 7 nitrogen and oxygen atoms in total. The van der Waals surface area contributed by atoms with E-state index in [0.29, 0.717) is 16.8 Å². The van der Waals surface area contributed by atoms with E-state index in [2.05, 4.69) is 9.97 Å². The van der Waals surface area contributed by atoms with Crippen LogP contribution in [0.15, 0.2) is 39.9 Å². The molecule has 31 heavy (non-hydrogen) atoms. The van der Waals surface area contributed by atoms with E-state index in [4.69, 9.17) is 11.6 Å². The molecule has 0 aliphatic heterocycles. The van der Waals surface area contributed by atoms with Gasteiger partial charge in [0.25, 0.3) is 5.56 Å². The van der Waals surface area contributed by atoms with Gasteiger partial charge in [-0.15, -0.1) is 0 Å². The van der Waals surface area contributed by atoms with Gasteiger partial charge in [0, 0.05) is 16.8 Å². The topological polar surface area (TPSA) is 109 Å². The summed E-state index contributed by atoms with van der Waals surface area (Å²) in [6, 6.07) is 10.2. The summed E-state index contributed by atoms with van der Waals surface area (Å²) in [7, 11) is 0. The number of aromatic nitrogens is 3. The van der Waals surface area contributed by atoms with Crippen LogP contribution in [0.3, 0.4) is 0 Å². The van der Waals surface area contributed by atoms with Crippen LogP contribution in [-0.4, -0.2) is 20.3 Å². The van der Waals surface area contributed by atoms with Crippen molar-refractivity contribution in [1.29, 1.82) is 5.26 Å². The molecule has 0 aliphatic rings. The Labute approximate surface area is 184 Å². The molecular weight excluding hydrogens is 416 g/mol. The van der Waals surface area contributed by atoms with Gasteiger partial charge < -0.3 is 0 Å². The van der Waals surface area contributed by atoms with E-state index in [-0.39, 0.29) is 34.4 Å². The molecule has 3 aromatic rings. The van der Waals surface area contributed by atoms with Crippen LogP contribution in [0.5, 0.6) is 0 Å². The molecule has 0 saturated carbocycles. The van der Waals surface area contributed by atoms with Crippen molar-refractivity contribution < 1.29 is 4.79 Å². The molecule has 0 atom stereocenters. The molecule has 3 rings (SSSR count). The number of benzene rings is 1. The number of aryl methyl sites for hydroxylation is 2. The summed E-state index contributed by atoms with van der Waals surface area (Å²) in [4.78, 5) is 45.4. The monoisotopic (exact) mass is 436 g/mol. The second-order valence-electron chi connectivity index (χ2n) is 7.73. The van der Waals surface area contributed by atoms with Gasteiger partial charge in [0.15, 0.2) is 0 Å². The van der Waals surface area contributed by atoms with Gasteiger partial charge in [0.05, 0.1) is 18.2 Å². The number of pyridine rings is 1. The lowest BCUT2D eigenvalue weighted by Crippen LogP contribution is -2.38. The lowest BCUT2D eigenvalue weighted by molar-refractivity contribution is 0.102. The average molecular weight is 437 g/mol. The summed E-state index contributed by atoms with van der Waals surface area (Å²) in [6.07, 6.45) is 0. The normalized spacial score (nSPS) is 10.9. The molecule has 158 valence electrons. The van der Waals surface area contributed by atoms with Gasteiger partial charge in [-0.1, -0.05) is 25.4 Å². The molecule has 0 saturated heterocycles. The standard InChI is InChI=1S/C23H21ClN4O3/c1-12(2)19-20(21(29)17-6-13(3)5-15(8-17)10-25)28(23(31)27-22(19)30)11-16-7-14(4)26-18(24)9-16/h5-9,12H,11H2,1-4H3,(H,27,30,31). The number of carbonyl (C=O) groups is 1. The zero-order chi connectivity index (χ0) is 22.9. The third-order valence-corrected chi connectivity index (χ3v) is 5.01. The zero-order valence-electron chi connectivity index (χ0n) is 17.6. The predicted octanol–water partition coefficient (Wildman–Crippen LogP) is 3.48. The van der Waals surface area contributed by atoms with Crippen molar-refractivity contribution in [2.24, 2.45) is 0 Å². The molecule has 2 heterocycles. The molecule has 0 unspecified atom stereocenters. The highest BCUT2D eigenvalue weighted by Gasteiger charge is 2.25. The van der Waals surface area contributed by atoms with E-state index in [9.17, 15) is 19.6 Å². The van der Waals surface area contributed by atoms with Crippen LogP contribution in [-0.2, 0) is 6.54 Å². The molecule has 0 spiro atoms. The molecule has 0 amide bonds. The van der Waals surface area contributed by atoms with Gasteiger partial charge in [-0.05, 0) is 61.2 Å². The average Bonchev–Trinajstić information content (AvgIpc) is 2.67. The second-order valence-corrected chi connectivity index (χ2v) is 8.12. The Morgan fingerprint density at radius 2 is 1.90 bits per heavy atom. The number of nitriles is 1. The van der Waals surface area contributed by atoms with Crippen LogP contribution < -0.4 is 11.2 Å². The van der Waals surface area contributed by atoms with E-state index in [1.165, 1.54) is 10.6 Å². The summed E-state index contributed by atoms with van der Waals surface area (Å²) in [5, 5.41) is 9.55. The Balaban J connectivity index is 2.30. The Morgan fingerprint density at radius 3 is 2.52 bits per heavy atom. The van der Waals surface area contributed by atoms with Crippen LogP contribution in [0.4, 0.5) is 0 Å². The van der Waals surface area contributed by atoms with Crippen molar-refractivity contribution in [2.75, 3.05) is 0 Å². The maximum Gasteiger partial charge on any atom is 0.329 e. The van der Waals surface area contributed by atoms with Crippen LogP contribution in [0.25, 0.3) is 0 Å².